The highest BCUT2D eigenvalue weighted by molar-refractivity contribution is 5.45. The zero-order valence-corrected chi connectivity index (χ0v) is 6.48. The Morgan fingerprint density at radius 1 is 1.10 bits per heavy atom. The van der Waals surface area contributed by atoms with Crippen molar-refractivity contribution in [2.45, 2.75) is 0 Å². The van der Waals surface area contributed by atoms with Crippen LogP contribution in [0, 0.1) is 0 Å². The first-order valence-electron chi connectivity index (χ1n) is 3.35. The molecule has 10 heavy (non-hydrogen) atoms. The average molecular weight is 135 g/mol. The Kier molecular flexibility index (Phi) is 1.77. The highest BCUT2D eigenvalue weighted by Gasteiger charge is 2.14. The second-order valence-electron chi connectivity index (χ2n) is 2.86. The van der Waals surface area contributed by atoms with E-state index in [0.717, 1.165) is 29.8 Å². The Morgan fingerprint density at radius 2 is 1.50 bits per heavy atom. The summed E-state index contributed by atoms with van der Waals surface area (Å²) in [5, 5.41) is 0. The molecule has 0 radical (unpaired) electrons. The van der Waals surface area contributed by atoms with E-state index in [9.17, 15) is 0 Å². The molecular formula is C9H13N. The van der Waals surface area contributed by atoms with Crippen molar-refractivity contribution < 1.29 is 0 Å². The molecule has 0 bridgehead atoms. The molecule has 1 nitrogen and oxygen atoms in total. The fourth-order valence-corrected chi connectivity index (χ4v) is 1.15. The van der Waals surface area contributed by atoms with Crippen LogP contribution in [0.15, 0.2) is 36.5 Å². The van der Waals surface area contributed by atoms with Crippen LogP contribution in [0.1, 0.15) is 0 Å². The van der Waals surface area contributed by atoms with Crippen LogP contribution in [0.3, 0.4) is 0 Å². The lowest BCUT2D eigenvalue weighted by Crippen LogP contribution is -2.29. The van der Waals surface area contributed by atoms with E-state index in [1.54, 1.807) is 0 Å². The molecule has 0 N–H and O–H groups in total. The molecule has 0 aromatic rings. The van der Waals surface area contributed by atoms with Gasteiger partial charge in [0.25, 0.3) is 0 Å². The van der Waals surface area contributed by atoms with Gasteiger partial charge in [0.15, 0.2) is 0 Å². The molecule has 0 saturated carbocycles. The Hall–Kier alpha value is -0.820. The molecule has 1 rings (SSSR count). The first-order valence-corrected chi connectivity index (χ1v) is 3.35. The number of hydrogen-bond donors (Lipinski definition) is 0. The summed E-state index contributed by atoms with van der Waals surface area (Å²) in [5.41, 5.74) is 3.23. The van der Waals surface area contributed by atoms with Crippen LogP contribution in [0.4, 0.5) is 0 Å². The van der Waals surface area contributed by atoms with Crippen molar-refractivity contribution in [2.75, 3.05) is 20.1 Å². The van der Waals surface area contributed by atoms with E-state index in [0.29, 0.717) is 0 Å². The smallest absolute Gasteiger partial charge is 0.0234 e. The number of hydrogen-bond acceptors (Lipinski definition) is 1. The molecular weight excluding hydrogens is 122 g/mol. The monoisotopic (exact) mass is 135 g/mol. The molecule has 1 fully saturated rings. The first-order chi connectivity index (χ1) is 4.61. The predicted octanol–water partition coefficient (Wildman–Crippen LogP) is 1.60. The zero-order valence-electron chi connectivity index (χ0n) is 6.48. The van der Waals surface area contributed by atoms with Crippen molar-refractivity contribution in [1.82, 2.24) is 4.90 Å². The van der Waals surface area contributed by atoms with Crippen molar-refractivity contribution in [1.29, 1.82) is 0 Å². The fraction of sp³-hybridized carbons (Fsp3) is 0.333. The Bertz CT molecular complexity index is 181. The summed E-state index contributed by atoms with van der Waals surface area (Å²) in [6, 6.07) is 0. The molecule has 1 heterocycles. The number of likely N-dealkylation sites (tertiary alicyclic amines) is 1. The van der Waals surface area contributed by atoms with Gasteiger partial charge in [-0.05, 0) is 23.8 Å². The topological polar surface area (TPSA) is 3.24 Å². The molecule has 54 valence electrons. The van der Waals surface area contributed by atoms with Crippen LogP contribution in [0.2, 0.25) is 0 Å². The van der Waals surface area contributed by atoms with Gasteiger partial charge in [-0.25, -0.2) is 0 Å². The van der Waals surface area contributed by atoms with E-state index in [-0.39, 0.29) is 0 Å². The molecule has 0 atom stereocenters. The molecule has 0 amide bonds. The standard InChI is InChI=1S/C9H13N/c1-7-5-10(4)6-8(2)9(7)3/h1-3,5-6H2,4H3. The number of rotatable bonds is 0. The van der Waals surface area contributed by atoms with Crippen LogP contribution >= 0.6 is 0 Å². The van der Waals surface area contributed by atoms with Gasteiger partial charge in [-0.2, -0.15) is 0 Å². The van der Waals surface area contributed by atoms with Crippen molar-refractivity contribution in [3.8, 4) is 0 Å². The van der Waals surface area contributed by atoms with E-state index in [1.807, 2.05) is 0 Å². The van der Waals surface area contributed by atoms with Gasteiger partial charge in [0, 0.05) is 13.1 Å². The van der Waals surface area contributed by atoms with Gasteiger partial charge < -0.3 is 0 Å². The summed E-state index contributed by atoms with van der Waals surface area (Å²) >= 11 is 0. The highest BCUT2D eigenvalue weighted by Crippen LogP contribution is 2.20. The minimum atomic E-state index is 0.928. The first kappa shape index (κ1) is 7.29. The maximum atomic E-state index is 3.89. The van der Waals surface area contributed by atoms with Gasteiger partial charge in [-0.15, -0.1) is 0 Å². The van der Waals surface area contributed by atoms with Gasteiger partial charge in [-0.1, -0.05) is 19.7 Å². The van der Waals surface area contributed by atoms with Crippen molar-refractivity contribution >= 4 is 0 Å². The second kappa shape index (κ2) is 2.43. The molecule has 1 aliphatic heterocycles. The Balaban J connectivity index is 2.76. The zero-order chi connectivity index (χ0) is 7.72. The van der Waals surface area contributed by atoms with Crippen molar-refractivity contribution in [2.24, 2.45) is 0 Å². The minimum Gasteiger partial charge on any atom is -0.298 e. The van der Waals surface area contributed by atoms with Crippen LogP contribution in [-0.2, 0) is 0 Å². The van der Waals surface area contributed by atoms with Gasteiger partial charge in [-0.3, -0.25) is 4.90 Å². The minimum absolute atomic E-state index is 0.928. The number of piperidine rings is 1. The van der Waals surface area contributed by atoms with E-state index >= 15 is 0 Å². The summed E-state index contributed by atoms with van der Waals surface area (Å²) in [5.74, 6) is 0. The average Bonchev–Trinajstić information content (AvgIpc) is 1.82. The van der Waals surface area contributed by atoms with Gasteiger partial charge in [0.1, 0.15) is 0 Å². The molecule has 1 saturated heterocycles. The third kappa shape index (κ3) is 1.19. The lowest BCUT2D eigenvalue weighted by atomic mass is 9.97. The Labute approximate surface area is 62.3 Å². The maximum absolute atomic E-state index is 3.89. The third-order valence-corrected chi connectivity index (χ3v) is 1.78. The Morgan fingerprint density at radius 3 is 1.90 bits per heavy atom. The van der Waals surface area contributed by atoms with Crippen LogP contribution < -0.4 is 0 Å². The summed E-state index contributed by atoms with van der Waals surface area (Å²) in [7, 11) is 2.06. The van der Waals surface area contributed by atoms with E-state index in [4.69, 9.17) is 0 Å². The van der Waals surface area contributed by atoms with E-state index in [2.05, 4.69) is 31.7 Å². The molecule has 0 aliphatic carbocycles. The summed E-state index contributed by atoms with van der Waals surface area (Å²) in [6.45, 7) is 13.5. The van der Waals surface area contributed by atoms with Crippen molar-refractivity contribution in [3.05, 3.63) is 36.5 Å². The second-order valence-corrected chi connectivity index (χ2v) is 2.86. The van der Waals surface area contributed by atoms with Gasteiger partial charge >= 0.3 is 0 Å². The summed E-state index contributed by atoms with van der Waals surface area (Å²) in [6.07, 6.45) is 0. The molecule has 0 aromatic carbocycles. The lowest BCUT2D eigenvalue weighted by molar-refractivity contribution is 0.384. The van der Waals surface area contributed by atoms with Gasteiger partial charge in [0.2, 0.25) is 0 Å². The largest absolute Gasteiger partial charge is 0.298 e. The maximum Gasteiger partial charge on any atom is 0.0234 e. The number of likely N-dealkylation sites (N-methyl/N-ethyl adjacent to an activating group) is 1. The van der Waals surface area contributed by atoms with Gasteiger partial charge in [0.05, 0.1) is 0 Å². The third-order valence-electron chi connectivity index (χ3n) is 1.78. The molecule has 0 unspecified atom stereocenters. The molecule has 0 spiro atoms. The van der Waals surface area contributed by atoms with Crippen LogP contribution in [0.5, 0.6) is 0 Å². The predicted molar refractivity (Wildman–Crippen MR) is 44.9 cm³/mol. The molecule has 1 heteroatoms. The van der Waals surface area contributed by atoms with Crippen molar-refractivity contribution in [3.63, 3.8) is 0 Å². The molecule has 0 aromatic heterocycles. The normalized spacial score (nSPS) is 21.9. The molecule has 1 aliphatic rings. The lowest BCUT2D eigenvalue weighted by Gasteiger charge is -2.27. The summed E-state index contributed by atoms with van der Waals surface area (Å²) < 4.78 is 0. The highest BCUT2D eigenvalue weighted by atomic mass is 15.1. The fourth-order valence-electron chi connectivity index (χ4n) is 1.15. The van der Waals surface area contributed by atoms with E-state index in [1.165, 1.54) is 0 Å². The SMILES string of the molecule is C=C1CN(C)CC(=C)C1=C. The quantitative estimate of drug-likeness (QED) is 0.487. The van der Waals surface area contributed by atoms with Crippen LogP contribution in [0.25, 0.3) is 0 Å². The summed E-state index contributed by atoms with van der Waals surface area (Å²) in [4.78, 5) is 2.18. The van der Waals surface area contributed by atoms with Crippen LogP contribution in [-0.4, -0.2) is 25.0 Å². The van der Waals surface area contributed by atoms with E-state index < -0.39 is 0 Å². The number of nitrogens with zero attached hydrogens (tertiary/aromatic N) is 1.